The Kier molecular flexibility index (Phi) is 5.47. The standard InChI is InChI=1S/C15H19ClN2O3/c1-18(2)8-6-11-10-17-12-4-3-5-13(14(11)12)21-15(19)20-9-7-16/h3-5,10,17H,6-9H2,1-2H3. The van der Waals surface area contributed by atoms with Gasteiger partial charge in [0, 0.05) is 23.6 Å². The van der Waals surface area contributed by atoms with Crippen molar-refractivity contribution >= 4 is 28.7 Å². The molecule has 0 bridgehead atoms. The van der Waals surface area contributed by atoms with Gasteiger partial charge in [-0.15, -0.1) is 11.6 Å². The third-order valence-corrected chi connectivity index (χ3v) is 3.22. The zero-order valence-corrected chi connectivity index (χ0v) is 12.9. The largest absolute Gasteiger partial charge is 0.513 e. The fourth-order valence-electron chi connectivity index (χ4n) is 2.09. The number of aromatic amines is 1. The molecule has 1 N–H and O–H groups in total. The van der Waals surface area contributed by atoms with Gasteiger partial charge in [0.15, 0.2) is 0 Å². The Hall–Kier alpha value is -1.72. The summed E-state index contributed by atoms with van der Waals surface area (Å²) in [6, 6.07) is 5.54. The number of benzene rings is 1. The first-order valence-electron chi connectivity index (χ1n) is 6.76. The van der Waals surface area contributed by atoms with Gasteiger partial charge in [0.2, 0.25) is 0 Å². The number of carbonyl (C=O) groups excluding carboxylic acids is 1. The lowest BCUT2D eigenvalue weighted by molar-refractivity contribution is 0.105. The number of hydrogen-bond donors (Lipinski definition) is 1. The van der Waals surface area contributed by atoms with Crippen molar-refractivity contribution in [3.05, 3.63) is 30.0 Å². The first kappa shape index (κ1) is 15.7. The van der Waals surface area contributed by atoms with Crippen molar-refractivity contribution in [2.45, 2.75) is 6.42 Å². The minimum absolute atomic E-state index is 0.136. The molecule has 0 unspecified atom stereocenters. The molecule has 0 fully saturated rings. The molecule has 0 aliphatic heterocycles. The third-order valence-electron chi connectivity index (χ3n) is 3.07. The number of H-pyrrole nitrogens is 1. The second-order valence-electron chi connectivity index (χ2n) is 4.94. The van der Waals surface area contributed by atoms with E-state index in [1.165, 1.54) is 0 Å². The monoisotopic (exact) mass is 310 g/mol. The van der Waals surface area contributed by atoms with Crippen LogP contribution < -0.4 is 4.74 Å². The van der Waals surface area contributed by atoms with Gasteiger partial charge in [-0.2, -0.15) is 0 Å². The van der Waals surface area contributed by atoms with Crippen molar-refractivity contribution in [1.29, 1.82) is 0 Å². The molecule has 2 rings (SSSR count). The molecule has 1 aromatic heterocycles. The Morgan fingerprint density at radius 3 is 2.90 bits per heavy atom. The first-order chi connectivity index (χ1) is 10.1. The quantitative estimate of drug-likeness (QED) is 0.506. The van der Waals surface area contributed by atoms with Crippen LogP contribution in [0, 0.1) is 0 Å². The smallest absolute Gasteiger partial charge is 0.433 e. The van der Waals surface area contributed by atoms with Crippen molar-refractivity contribution in [2.75, 3.05) is 33.1 Å². The van der Waals surface area contributed by atoms with Crippen molar-refractivity contribution in [2.24, 2.45) is 0 Å². The van der Waals surface area contributed by atoms with Crippen LogP contribution >= 0.6 is 11.6 Å². The van der Waals surface area contributed by atoms with E-state index in [0.29, 0.717) is 5.75 Å². The number of rotatable bonds is 6. The molecular weight excluding hydrogens is 292 g/mol. The lowest BCUT2D eigenvalue weighted by Gasteiger charge is -2.10. The third kappa shape index (κ3) is 4.12. The van der Waals surface area contributed by atoms with Crippen LogP contribution in [0.2, 0.25) is 0 Å². The van der Waals surface area contributed by atoms with E-state index in [0.717, 1.165) is 29.4 Å². The summed E-state index contributed by atoms with van der Waals surface area (Å²) in [4.78, 5) is 16.9. The van der Waals surface area contributed by atoms with Gasteiger partial charge >= 0.3 is 6.16 Å². The number of nitrogens with zero attached hydrogens (tertiary/aromatic N) is 1. The summed E-state index contributed by atoms with van der Waals surface area (Å²) >= 11 is 5.48. The molecule has 0 aliphatic carbocycles. The maximum Gasteiger partial charge on any atom is 0.513 e. The lowest BCUT2D eigenvalue weighted by atomic mass is 10.1. The molecule has 1 aromatic carbocycles. The highest BCUT2D eigenvalue weighted by molar-refractivity contribution is 6.18. The van der Waals surface area contributed by atoms with E-state index < -0.39 is 6.16 Å². The number of alkyl halides is 1. The predicted molar refractivity (Wildman–Crippen MR) is 83.3 cm³/mol. The molecule has 0 spiro atoms. The number of aromatic nitrogens is 1. The van der Waals surface area contributed by atoms with E-state index in [1.807, 2.05) is 32.4 Å². The van der Waals surface area contributed by atoms with Gasteiger partial charge in [0.05, 0.1) is 5.88 Å². The van der Waals surface area contributed by atoms with Crippen LogP contribution in [0.5, 0.6) is 5.75 Å². The molecule has 0 radical (unpaired) electrons. The van der Waals surface area contributed by atoms with Crippen LogP contribution in [0.4, 0.5) is 4.79 Å². The molecule has 0 aliphatic rings. The summed E-state index contributed by atoms with van der Waals surface area (Å²) in [5, 5.41) is 0.919. The lowest BCUT2D eigenvalue weighted by Crippen LogP contribution is -2.15. The topological polar surface area (TPSA) is 54.6 Å². The minimum atomic E-state index is -0.733. The summed E-state index contributed by atoms with van der Waals surface area (Å²) in [5.41, 5.74) is 2.05. The predicted octanol–water partition coefficient (Wildman–Crippen LogP) is 3.03. The van der Waals surface area contributed by atoms with Crippen LogP contribution in [0.1, 0.15) is 5.56 Å². The number of carbonyl (C=O) groups is 1. The van der Waals surface area contributed by atoms with Crippen LogP contribution in [-0.2, 0) is 11.2 Å². The number of hydrogen-bond acceptors (Lipinski definition) is 4. The number of fused-ring (bicyclic) bond motifs is 1. The fraction of sp³-hybridized carbons (Fsp3) is 0.400. The van der Waals surface area contributed by atoms with Gasteiger partial charge in [0.1, 0.15) is 12.4 Å². The van der Waals surface area contributed by atoms with Gasteiger partial charge in [-0.05, 0) is 38.2 Å². The zero-order valence-electron chi connectivity index (χ0n) is 12.2. The SMILES string of the molecule is CN(C)CCc1c[nH]c2cccc(OC(=O)OCCCl)c12. The van der Waals surface area contributed by atoms with Gasteiger partial charge in [0.25, 0.3) is 0 Å². The Bertz CT molecular complexity index is 610. The Morgan fingerprint density at radius 2 is 2.19 bits per heavy atom. The molecule has 0 amide bonds. The van der Waals surface area contributed by atoms with Crippen molar-refractivity contribution in [3.63, 3.8) is 0 Å². The summed E-state index contributed by atoms with van der Waals surface area (Å²) in [7, 11) is 4.05. The summed E-state index contributed by atoms with van der Waals surface area (Å²) in [6.07, 6.45) is 2.08. The average Bonchev–Trinajstić information content (AvgIpc) is 2.87. The normalized spacial score (nSPS) is 11.0. The van der Waals surface area contributed by atoms with Gasteiger partial charge in [-0.25, -0.2) is 4.79 Å². The van der Waals surface area contributed by atoms with Gasteiger partial charge < -0.3 is 19.4 Å². The van der Waals surface area contributed by atoms with Gasteiger partial charge in [-0.1, -0.05) is 6.07 Å². The molecule has 0 atom stereocenters. The molecule has 114 valence electrons. The Balaban J connectivity index is 2.22. The Morgan fingerprint density at radius 1 is 1.38 bits per heavy atom. The summed E-state index contributed by atoms with van der Waals surface area (Å²) in [5.74, 6) is 0.749. The molecule has 2 aromatic rings. The van der Waals surface area contributed by atoms with Crippen LogP contribution in [0.3, 0.4) is 0 Å². The number of nitrogens with one attached hydrogen (secondary N) is 1. The molecule has 1 heterocycles. The molecular formula is C15H19ClN2O3. The van der Waals surface area contributed by atoms with Gasteiger partial charge in [-0.3, -0.25) is 0 Å². The van der Waals surface area contributed by atoms with E-state index in [9.17, 15) is 4.79 Å². The number of ether oxygens (including phenoxy) is 2. The minimum Gasteiger partial charge on any atom is -0.433 e. The van der Waals surface area contributed by atoms with E-state index in [-0.39, 0.29) is 12.5 Å². The highest BCUT2D eigenvalue weighted by Crippen LogP contribution is 2.29. The van der Waals surface area contributed by atoms with Crippen LogP contribution in [0.25, 0.3) is 10.9 Å². The highest BCUT2D eigenvalue weighted by Gasteiger charge is 2.13. The Labute approximate surface area is 128 Å². The maximum atomic E-state index is 11.6. The number of likely N-dealkylation sites (N-methyl/N-ethyl adjacent to an activating group) is 1. The van der Waals surface area contributed by atoms with Crippen molar-refractivity contribution < 1.29 is 14.3 Å². The number of halogens is 1. The summed E-state index contributed by atoms with van der Waals surface area (Å²) in [6.45, 7) is 1.05. The molecule has 21 heavy (non-hydrogen) atoms. The molecule has 0 saturated carbocycles. The summed E-state index contributed by atoms with van der Waals surface area (Å²) < 4.78 is 10.1. The van der Waals surface area contributed by atoms with Crippen molar-refractivity contribution in [3.8, 4) is 5.75 Å². The fourth-order valence-corrected chi connectivity index (χ4v) is 2.16. The molecule has 0 saturated heterocycles. The van der Waals surface area contributed by atoms with E-state index in [1.54, 1.807) is 6.07 Å². The zero-order chi connectivity index (χ0) is 15.2. The second-order valence-corrected chi connectivity index (χ2v) is 5.31. The van der Waals surface area contributed by atoms with Crippen molar-refractivity contribution in [1.82, 2.24) is 9.88 Å². The molecule has 5 nitrogen and oxygen atoms in total. The second kappa shape index (κ2) is 7.33. The first-order valence-corrected chi connectivity index (χ1v) is 7.29. The van der Waals surface area contributed by atoms with Crippen LogP contribution in [0.15, 0.2) is 24.4 Å². The van der Waals surface area contributed by atoms with E-state index in [2.05, 4.69) is 9.88 Å². The highest BCUT2D eigenvalue weighted by atomic mass is 35.5. The average molecular weight is 311 g/mol. The van der Waals surface area contributed by atoms with E-state index in [4.69, 9.17) is 21.1 Å². The maximum absolute atomic E-state index is 11.6. The molecule has 6 heteroatoms. The van der Waals surface area contributed by atoms with E-state index >= 15 is 0 Å². The van der Waals surface area contributed by atoms with Crippen LogP contribution in [-0.4, -0.2) is 49.2 Å².